The summed E-state index contributed by atoms with van der Waals surface area (Å²) in [5.74, 6) is 1.20. The van der Waals surface area contributed by atoms with Gasteiger partial charge < -0.3 is 15.4 Å². The van der Waals surface area contributed by atoms with Crippen LogP contribution in [0.15, 0.2) is 54.7 Å². The van der Waals surface area contributed by atoms with Crippen LogP contribution < -0.4 is 5.32 Å². The molecule has 4 aliphatic carbocycles. The van der Waals surface area contributed by atoms with Gasteiger partial charge in [-0.1, -0.05) is 54.1 Å². The van der Waals surface area contributed by atoms with E-state index in [0.29, 0.717) is 36.3 Å². The number of carbonyl (C=O) groups excluding carboxylic acids is 1. The van der Waals surface area contributed by atoms with Gasteiger partial charge in [-0.3, -0.25) is 9.48 Å². The van der Waals surface area contributed by atoms with Gasteiger partial charge in [-0.05, 0) is 84.0 Å². The summed E-state index contributed by atoms with van der Waals surface area (Å²) in [6.45, 7) is 2.43. The molecule has 8 rings (SSSR count). The van der Waals surface area contributed by atoms with Crippen LogP contribution in [-0.4, -0.2) is 30.4 Å². The summed E-state index contributed by atoms with van der Waals surface area (Å²) >= 11 is 6.34. The Hall–Kier alpha value is -3.72. The van der Waals surface area contributed by atoms with Crippen LogP contribution in [0.1, 0.15) is 56.2 Å². The minimum Gasteiger partial charge on any atom is -0.358 e. The second kappa shape index (κ2) is 9.16. The number of benzene rings is 2. The fourth-order valence-electron chi connectivity index (χ4n) is 8.55. The van der Waals surface area contributed by atoms with Gasteiger partial charge in [0.2, 0.25) is 5.91 Å². The number of nitrogens with zero attached hydrogens (tertiary/aromatic N) is 5. The zero-order valence-corrected chi connectivity index (χ0v) is 23.1. The van der Waals surface area contributed by atoms with Crippen LogP contribution in [0.25, 0.3) is 10.8 Å². The highest BCUT2D eigenvalue weighted by Gasteiger charge is 2.60. The van der Waals surface area contributed by atoms with Gasteiger partial charge in [-0.25, -0.2) is 0 Å². The molecule has 0 spiro atoms. The summed E-state index contributed by atoms with van der Waals surface area (Å²) in [5, 5.41) is 26.1. The van der Waals surface area contributed by atoms with Crippen molar-refractivity contribution in [1.82, 2.24) is 19.6 Å². The van der Waals surface area contributed by atoms with E-state index in [-0.39, 0.29) is 27.7 Å². The molecular weight excluding hydrogens is 528 g/mol. The van der Waals surface area contributed by atoms with E-state index in [1.807, 2.05) is 40.7 Å². The van der Waals surface area contributed by atoms with Gasteiger partial charge in [-0.2, -0.15) is 9.78 Å². The molecule has 206 valence electrons. The lowest BCUT2D eigenvalue weighted by molar-refractivity contribution is -0.389. The van der Waals surface area contributed by atoms with Crippen LogP contribution in [0.5, 0.6) is 0 Å². The Kier molecular flexibility index (Phi) is 5.78. The normalized spacial score (nSPS) is 26.9. The predicted molar refractivity (Wildman–Crippen MR) is 152 cm³/mol. The molecule has 4 saturated carbocycles. The van der Waals surface area contributed by atoms with E-state index < -0.39 is 4.92 Å². The van der Waals surface area contributed by atoms with Gasteiger partial charge >= 0.3 is 5.82 Å². The lowest BCUT2D eigenvalue weighted by atomic mass is 9.46. The van der Waals surface area contributed by atoms with E-state index in [2.05, 4.69) is 45.8 Å². The van der Waals surface area contributed by atoms with Gasteiger partial charge in [-0.15, -0.1) is 0 Å². The summed E-state index contributed by atoms with van der Waals surface area (Å²) in [7, 11) is 0. The Morgan fingerprint density at radius 1 is 1.10 bits per heavy atom. The number of aromatic nitrogens is 4. The molecule has 9 nitrogen and oxygen atoms in total. The molecule has 1 N–H and O–H groups in total. The molecule has 0 radical (unpaired) electrons. The molecule has 2 atom stereocenters. The molecule has 2 heterocycles. The number of halogens is 1. The van der Waals surface area contributed by atoms with Crippen molar-refractivity contribution >= 4 is 39.9 Å². The van der Waals surface area contributed by atoms with Crippen LogP contribution in [0.3, 0.4) is 0 Å². The van der Waals surface area contributed by atoms with Gasteiger partial charge in [0.05, 0.1) is 22.9 Å². The summed E-state index contributed by atoms with van der Waals surface area (Å²) in [6.07, 6.45) is 8.12. The quantitative estimate of drug-likeness (QED) is 0.206. The molecule has 2 aromatic heterocycles. The van der Waals surface area contributed by atoms with Crippen molar-refractivity contribution in [2.24, 2.45) is 17.3 Å². The number of carbonyl (C=O) groups is 1. The van der Waals surface area contributed by atoms with Crippen LogP contribution in [0.4, 0.5) is 11.6 Å². The number of nitrogens with one attached hydrogen (secondary N) is 1. The largest absolute Gasteiger partial charge is 0.408 e. The van der Waals surface area contributed by atoms with Crippen molar-refractivity contribution in [3.63, 3.8) is 0 Å². The molecule has 0 saturated heterocycles. The first-order chi connectivity index (χ1) is 19.2. The average molecular weight is 559 g/mol. The predicted octanol–water partition coefficient (Wildman–Crippen LogP) is 6.48. The number of fused-ring (bicyclic) bond motifs is 1. The number of nitro groups is 1. The first-order valence-electron chi connectivity index (χ1n) is 13.9. The number of hydrogen-bond donors (Lipinski definition) is 1. The highest BCUT2D eigenvalue weighted by molar-refractivity contribution is 6.33. The first kappa shape index (κ1) is 25.3. The molecule has 10 heteroatoms. The zero-order chi connectivity index (χ0) is 27.6. The highest BCUT2D eigenvalue weighted by atomic mass is 35.5. The van der Waals surface area contributed by atoms with Crippen LogP contribution >= 0.6 is 11.6 Å². The van der Waals surface area contributed by atoms with E-state index in [4.69, 9.17) is 11.6 Å². The van der Waals surface area contributed by atoms with Crippen molar-refractivity contribution in [3.05, 3.63) is 81.1 Å². The Bertz CT molecular complexity index is 1640. The fourth-order valence-corrected chi connectivity index (χ4v) is 8.74. The number of rotatable bonds is 7. The lowest BCUT2D eigenvalue weighted by Crippen LogP contribution is -2.57. The SMILES string of the molecule is Cc1c(Cl)c([N+](=O)[O-])nn1C12CC3CC(CC(CC(=O)Nc4ccn(Cc5cccc6ccccc56)n4)(C3)C1)C2. The minimum atomic E-state index is -0.505. The summed E-state index contributed by atoms with van der Waals surface area (Å²) in [5.41, 5.74) is 1.34. The van der Waals surface area contributed by atoms with E-state index >= 15 is 0 Å². The maximum atomic E-state index is 13.4. The molecule has 40 heavy (non-hydrogen) atoms. The van der Waals surface area contributed by atoms with Crippen LogP contribution in [0, 0.1) is 34.3 Å². The maximum absolute atomic E-state index is 13.4. The monoisotopic (exact) mass is 558 g/mol. The Labute approximate surface area is 236 Å². The van der Waals surface area contributed by atoms with Crippen molar-refractivity contribution in [2.45, 2.75) is 64.0 Å². The first-order valence-corrected chi connectivity index (χ1v) is 14.3. The van der Waals surface area contributed by atoms with Crippen molar-refractivity contribution in [3.8, 4) is 0 Å². The molecule has 1 amide bonds. The zero-order valence-electron chi connectivity index (χ0n) is 22.3. The van der Waals surface area contributed by atoms with Gasteiger partial charge in [0, 0.05) is 18.7 Å². The third-order valence-corrected chi connectivity index (χ3v) is 9.90. The molecule has 0 aliphatic heterocycles. The molecule has 4 bridgehead atoms. The third kappa shape index (κ3) is 4.18. The van der Waals surface area contributed by atoms with E-state index in [9.17, 15) is 14.9 Å². The lowest BCUT2D eigenvalue weighted by Gasteiger charge is -2.61. The number of amides is 1. The maximum Gasteiger partial charge on any atom is 0.408 e. The molecular formula is C30H31ClN6O3. The van der Waals surface area contributed by atoms with E-state index in [1.54, 1.807) is 0 Å². The summed E-state index contributed by atoms with van der Waals surface area (Å²) in [4.78, 5) is 24.4. The molecule has 2 unspecified atom stereocenters. The summed E-state index contributed by atoms with van der Waals surface area (Å²) in [6, 6.07) is 16.4. The van der Waals surface area contributed by atoms with Crippen LogP contribution in [0.2, 0.25) is 5.02 Å². The highest BCUT2D eigenvalue weighted by Crippen LogP contribution is 2.65. The number of hydrogen-bond acceptors (Lipinski definition) is 5. The van der Waals surface area contributed by atoms with Gasteiger partial charge in [0.15, 0.2) is 10.8 Å². The smallest absolute Gasteiger partial charge is 0.358 e. The van der Waals surface area contributed by atoms with Crippen molar-refractivity contribution in [1.29, 1.82) is 0 Å². The second-order valence-electron chi connectivity index (χ2n) is 12.3. The van der Waals surface area contributed by atoms with Gasteiger partial charge in [0.25, 0.3) is 0 Å². The minimum absolute atomic E-state index is 0.0336. The Balaban J connectivity index is 1.08. The molecule has 4 aromatic rings. The molecule has 4 fully saturated rings. The second-order valence-corrected chi connectivity index (χ2v) is 12.7. The molecule has 2 aromatic carbocycles. The average Bonchev–Trinajstić information content (AvgIpc) is 3.46. The Morgan fingerprint density at radius 3 is 2.60 bits per heavy atom. The third-order valence-electron chi connectivity index (χ3n) is 9.46. The standard InChI is InChI=1S/C30H31ClN6O3/c1-19-27(31)28(37(39)40)34-36(19)30-14-20-11-21(15-30)13-29(12-20,18-30)16-26(38)32-25-9-10-35(33-25)17-23-7-4-6-22-5-2-3-8-24(22)23/h2-10,20-21H,11-18H2,1H3,(H,32,33,38). The van der Waals surface area contributed by atoms with E-state index in [0.717, 1.165) is 38.5 Å². The Morgan fingerprint density at radius 2 is 1.85 bits per heavy atom. The van der Waals surface area contributed by atoms with Gasteiger partial charge in [0.1, 0.15) is 0 Å². The van der Waals surface area contributed by atoms with E-state index in [1.165, 1.54) is 16.3 Å². The number of anilines is 1. The van der Waals surface area contributed by atoms with Crippen molar-refractivity contribution < 1.29 is 9.72 Å². The molecule has 4 aliphatic rings. The fraction of sp³-hybridized carbons (Fsp3) is 0.433. The van der Waals surface area contributed by atoms with Crippen molar-refractivity contribution in [2.75, 3.05) is 5.32 Å². The topological polar surface area (TPSA) is 108 Å². The van der Waals surface area contributed by atoms with Crippen LogP contribution in [-0.2, 0) is 16.9 Å². The summed E-state index contributed by atoms with van der Waals surface area (Å²) < 4.78 is 3.70.